The molecule has 0 atom stereocenters. The molecule has 1 N–H and O–H groups in total. The summed E-state index contributed by atoms with van der Waals surface area (Å²) in [6.07, 6.45) is 6.30. The van der Waals surface area contributed by atoms with Gasteiger partial charge in [0.15, 0.2) is 0 Å². The van der Waals surface area contributed by atoms with Crippen LogP contribution in [0.5, 0.6) is 0 Å². The van der Waals surface area contributed by atoms with Crippen LogP contribution < -0.4 is 0 Å². The lowest BCUT2D eigenvalue weighted by Crippen LogP contribution is -2.30. The summed E-state index contributed by atoms with van der Waals surface area (Å²) in [5.41, 5.74) is 2.52. The van der Waals surface area contributed by atoms with Crippen molar-refractivity contribution in [3.05, 3.63) is 78.3 Å². The van der Waals surface area contributed by atoms with E-state index in [4.69, 9.17) is 4.42 Å². The van der Waals surface area contributed by atoms with Gasteiger partial charge in [0.05, 0.1) is 30.4 Å². The van der Waals surface area contributed by atoms with E-state index in [9.17, 15) is 4.79 Å². The zero-order chi connectivity index (χ0) is 14.5. The molecule has 2 aromatic heterocycles. The molecule has 0 radical (unpaired) electrons. The number of carbonyl (C=O) groups excluding carboxylic acids is 1. The molecule has 3 rings (SSSR count). The number of nitrogens with one attached hydrogen (secondary N) is 1. The molecule has 0 aliphatic rings. The van der Waals surface area contributed by atoms with Gasteiger partial charge in [-0.15, -0.1) is 0 Å². The van der Waals surface area contributed by atoms with Crippen molar-refractivity contribution in [1.29, 1.82) is 0 Å². The van der Waals surface area contributed by atoms with Crippen LogP contribution >= 0.6 is 0 Å². The van der Waals surface area contributed by atoms with Gasteiger partial charge in [0.25, 0.3) is 5.91 Å². The van der Waals surface area contributed by atoms with Crippen molar-refractivity contribution in [3.8, 4) is 0 Å². The van der Waals surface area contributed by atoms with Crippen molar-refractivity contribution < 1.29 is 9.21 Å². The number of rotatable bonds is 5. The number of aromatic amines is 1. The van der Waals surface area contributed by atoms with Crippen LogP contribution in [0.4, 0.5) is 0 Å². The minimum Gasteiger partial charge on any atom is -0.472 e. The van der Waals surface area contributed by atoms with Crippen LogP contribution in [0.2, 0.25) is 0 Å². The Morgan fingerprint density at radius 2 is 2.05 bits per heavy atom. The maximum atomic E-state index is 12.6. The van der Waals surface area contributed by atoms with Crippen LogP contribution in [0.3, 0.4) is 0 Å². The van der Waals surface area contributed by atoms with Crippen LogP contribution in [0.1, 0.15) is 21.6 Å². The molecule has 0 spiro atoms. The van der Waals surface area contributed by atoms with Gasteiger partial charge < -0.3 is 14.3 Å². The number of aromatic nitrogens is 2. The minimum atomic E-state index is -0.0674. The first-order valence-corrected chi connectivity index (χ1v) is 6.65. The van der Waals surface area contributed by atoms with Gasteiger partial charge in [-0.05, 0) is 11.6 Å². The summed E-state index contributed by atoms with van der Waals surface area (Å²) in [6.45, 7) is 1.00. The third kappa shape index (κ3) is 3.20. The van der Waals surface area contributed by atoms with E-state index in [1.807, 2.05) is 30.3 Å². The maximum absolute atomic E-state index is 12.6. The van der Waals surface area contributed by atoms with Gasteiger partial charge in [0.2, 0.25) is 0 Å². The fraction of sp³-hybridized carbons (Fsp3) is 0.125. The smallest absolute Gasteiger partial charge is 0.257 e. The molecular weight excluding hydrogens is 266 g/mol. The summed E-state index contributed by atoms with van der Waals surface area (Å²) in [7, 11) is 0. The van der Waals surface area contributed by atoms with Crippen LogP contribution in [0.25, 0.3) is 0 Å². The van der Waals surface area contributed by atoms with E-state index < -0.39 is 0 Å². The largest absolute Gasteiger partial charge is 0.472 e. The molecule has 0 aliphatic carbocycles. The second-order valence-electron chi connectivity index (χ2n) is 4.74. The van der Waals surface area contributed by atoms with Crippen molar-refractivity contribution in [3.63, 3.8) is 0 Å². The third-order valence-electron chi connectivity index (χ3n) is 3.19. The first-order chi connectivity index (χ1) is 10.3. The van der Waals surface area contributed by atoms with Crippen LogP contribution in [-0.4, -0.2) is 20.8 Å². The number of carbonyl (C=O) groups is 1. The Morgan fingerprint density at radius 3 is 2.71 bits per heavy atom. The van der Waals surface area contributed by atoms with Crippen molar-refractivity contribution in [2.75, 3.05) is 0 Å². The highest BCUT2D eigenvalue weighted by atomic mass is 16.3. The molecule has 0 fully saturated rings. The lowest BCUT2D eigenvalue weighted by molar-refractivity contribution is 0.0727. The zero-order valence-corrected chi connectivity index (χ0v) is 11.4. The van der Waals surface area contributed by atoms with Crippen molar-refractivity contribution >= 4 is 5.91 Å². The molecule has 1 aromatic carbocycles. The Morgan fingerprint density at radius 1 is 1.19 bits per heavy atom. The third-order valence-corrected chi connectivity index (χ3v) is 3.19. The standard InChI is InChI=1S/C16H15N3O2/c20-16(14-6-7-21-11-14)19(10-15-8-17-12-18-15)9-13-4-2-1-3-5-13/h1-8,11-12H,9-10H2,(H,17,18). The van der Waals surface area contributed by atoms with Crippen molar-refractivity contribution in [1.82, 2.24) is 14.9 Å². The number of amides is 1. The van der Waals surface area contributed by atoms with Gasteiger partial charge in [0.1, 0.15) is 6.26 Å². The summed E-state index contributed by atoms with van der Waals surface area (Å²) in [6, 6.07) is 11.6. The van der Waals surface area contributed by atoms with E-state index in [0.29, 0.717) is 18.7 Å². The van der Waals surface area contributed by atoms with Gasteiger partial charge in [-0.1, -0.05) is 30.3 Å². The fourth-order valence-electron chi connectivity index (χ4n) is 2.15. The maximum Gasteiger partial charge on any atom is 0.257 e. The lowest BCUT2D eigenvalue weighted by Gasteiger charge is -2.21. The topological polar surface area (TPSA) is 62.1 Å². The van der Waals surface area contributed by atoms with Crippen LogP contribution in [0, 0.1) is 0 Å². The Kier molecular flexibility index (Phi) is 3.82. The van der Waals surface area contributed by atoms with Gasteiger partial charge in [-0.2, -0.15) is 0 Å². The van der Waals surface area contributed by atoms with Gasteiger partial charge in [0, 0.05) is 12.7 Å². The van der Waals surface area contributed by atoms with E-state index in [0.717, 1.165) is 11.3 Å². The highest BCUT2D eigenvalue weighted by Gasteiger charge is 2.18. The van der Waals surface area contributed by atoms with Crippen LogP contribution in [0.15, 0.2) is 65.9 Å². The van der Waals surface area contributed by atoms with Gasteiger partial charge in [-0.25, -0.2) is 4.98 Å². The summed E-state index contributed by atoms with van der Waals surface area (Å²) < 4.78 is 5.00. The first kappa shape index (κ1) is 13.2. The monoisotopic (exact) mass is 281 g/mol. The molecule has 0 aliphatic heterocycles. The highest BCUT2D eigenvalue weighted by Crippen LogP contribution is 2.13. The van der Waals surface area contributed by atoms with E-state index >= 15 is 0 Å². The second-order valence-corrected chi connectivity index (χ2v) is 4.74. The summed E-state index contributed by atoms with van der Waals surface area (Å²) in [5, 5.41) is 0. The molecule has 0 saturated carbocycles. The zero-order valence-electron chi connectivity index (χ0n) is 11.4. The molecule has 0 unspecified atom stereocenters. The van der Waals surface area contributed by atoms with Gasteiger partial charge >= 0.3 is 0 Å². The number of H-pyrrole nitrogens is 1. The SMILES string of the molecule is O=C(c1ccoc1)N(Cc1ccccc1)Cc1cnc[nH]1. The fourth-order valence-corrected chi connectivity index (χ4v) is 2.15. The molecule has 21 heavy (non-hydrogen) atoms. The van der Waals surface area contributed by atoms with Crippen molar-refractivity contribution in [2.45, 2.75) is 13.1 Å². The number of hydrogen-bond donors (Lipinski definition) is 1. The molecule has 3 aromatic rings. The first-order valence-electron chi connectivity index (χ1n) is 6.65. The van der Waals surface area contributed by atoms with Crippen LogP contribution in [-0.2, 0) is 13.1 Å². The minimum absolute atomic E-state index is 0.0674. The normalized spacial score (nSPS) is 10.5. The lowest BCUT2D eigenvalue weighted by atomic mass is 10.2. The number of hydrogen-bond acceptors (Lipinski definition) is 3. The second kappa shape index (κ2) is 6.09. The molecule has 5 heteroatoms. The van der Waals surface area contributed by atoms with E-state index in [2.05, 4.69) is 9.97 Å². The number of nitrogens with zero attached hydrogens (tertiary/aromatic N) is 2. The average Bonchev–Trinajstić information content (AvgIpc) is 3.20. The quantitative estimate of drug-likeness (QED) is 0.782. The van der Waals surface area contributed by atoms with E-state index in [1.54, 1.807) is 23.5 Å². The predicted molar refractivity (Wildman–Crippen MR) is 77.3 cm³/mol. The predicted octanol–water partition coefficient (Wildman–Crippen LogP) is 2.85. The summed E-state index contributed by atoms with van der Waals surface area (Å²) in [4.78, 5) is 21.3. The number of benzene rings is 1. The molecule has 2 heterocycles. The summed E-state index contributed by atoms with van der Waals surface area (Å²) >= 11 is 0. The number of imidazole rings is 1. The molecule has 0 saturated heterocycles. The average molecular weight is 281 g/mol. The molecular formula is C16H15N3O2. The Balaban J connectivity index is 1.82. The molecule has 1 amide bonds. The Bertz CT molecular complexity index is 676. The molecule has 106 valence electrons. The van der Waals surface area contributed by atoms with E-state index in [-0.39, 0.29) is 5.91 Å². The van der Waals surface area contributed by atoms with Gasteiger partial charge in [-0.3, -0.25) is 4.79 Å². The Labute approximate surface area is 122 Å². The highest BCUT2D eigenvalue weighted by molar-refractivity contribution is 5.93. The molecule has 5 nitrogen and oxygen atoms in total. The van der Waals surface area contributed by atoms with E-state index in [1.165, 1.54) is 12.5 Å². The molecule has 0 bridgehead atoms. The van der Waals surface area contributed by atoms with Crippen molar-refractivity contribution in [2.24, 2.45) is 0 Å². The Hall–Kier alpha value is -2.82. The number of furan rings is 1. The summed E-state index contributed by atoms with van der Waals surface area (Å²) in [5.74, 6) is -0.0674.